The fourth-order valence-electron chi connectivity index (χ4n) is 2.15. The van der Waals surface area contributed by atoms with Crippen molar-refractivity contribution in [2.75, 3.05) is 6.54 Å². The normalized spacial score (nSPS) is 16.6. The molecule has 0 spiro atoms. The second kappa shape index (κ2) is 3.14. The molecular formula is C12H13N2. The molecular weight excluding hydrogens is 172 g/mol. The molecule has 2 heterocycles. The maximum Gasteiger partial charge on any atom is 0.0688 e. The minimum atomic E-state index is 1.08. The van der Waals surface area contributed by atoms with Crippen LogP contribution in [0.2, 0.25) is 0 Å². The lowest BCUT2D eigenvalue weighted by atomic mass is 10.1. The summed E-state index contributed by atoms with van der Waals surface area (Å²) < 4.78 is 0. The predicted octanol–water partition coefficient (Wildman–Crippen LogP) is 2.21. The van der Waals surface area contributed by atoms with Crippen molar-refractivity contribution in [2.24, 2.45) is 0 Å². The first-order valence-electron chi connectivity index (χ1n) is 5.11. The van der Waals surface area contributed by atoms with E-state index in [-0.39, 0.29) is 0 Å². The van der Waals surface area contributed by atoms with E-state index in [1.165, 1.54) is 35.0 Å². The lowest BCUT2D eigenvalue weighted by molar-refractivity contribution is 0.754. The van der Waals surface area contributed by atoms with Gasteiger partial charge in [-0.1, -0.05) is 18.2 Å². The number of aryl methyl sites for hydroxylation is 1. The summed E-state index contributed by atoms with van der Waals surface area (Å²) in [6.45, 7) is 3.18. The number of rotatable bonds is 0. The highest BCUT2D eigenvalue weighted by molar-refractivity contribution is 5.85. The van der Waals surface area contributed by atoms with Crippen LogP contribution in [-0.4, -0.2) is 11.5 Å². The van der Waals surface area contributed by atoms with E-state index in [9.17, 15) is 0 Å². The molecule has 0 fully saturated rings. The van der Waals surface area contributed by atoms with Crippen molar-refractivity contribution in [3.05, 3.63) is 42.1 Å². The summed E-state index contributed by atoms with van der Waals surface area (Å²) >= 11 is 0. The fraction of sp³-hybridized carbons (Fsp3) is 0.250. The monoisotopic (exact) mass is 185 g/mol. The molecule has 2 nitrogen and oxygen atoms in total. The molecule has 0 bridgehead atoms. The summed E-state index contributed by atoms with van der Waals surface area (Å²) in [5.74, 6) is 0. The standard InChI is InChI=1S/C12H13N2/c1-2-6-11-9(4-1)10-5-3-7-13-8-12(10)14-11/h1-2,4,6,8,13-14H,3,5,7H2. The molecule has 2 N–H and O–H groups in total. The van der Waals surface area contributed by atoms with Crippen LogP contribution in [0.5, 0.6) is 0 Å². The molecule has 1 aliphatic rings. The number of H-pyrrole nitrogens is 1. The van der Waals surface area contributed by atoms with Gasteiger partial charge in [-0.05, 0) is 31.0 Å². The number of nitrogens with one attached hydrogen (secondary N) is 2. The van der Waals surface area contributed by atoms with Crippen LogP contribution in [0.25, 0.3) is 10.9 Å². The molecule has 0 unspecified atom stereocenters. The molecule has 1 aromatic carbocycles. The van der Waals surface area contributed by atoms with Crippen molar-refractivity contribution in [3.8, 4) is 0 Å². The highest BCUT2D eigenvalue weighted by Crippen LogP contribution is 2.25. The Morgan fingerprint density at radius 2 is 2.07 bits per heavy atom. The molecule has 0 saturated heterocycles. The van der Waals surface area contributed by atoms with Gasteiger partial charge in [0.15, 0.2) is 0 Å². The summed E-state index contributed by atoms with van der Waals surface area (Å²) in [4.78, 5) is 3.44. The minimum absolute atomic E-state index is 1.08. The second-order valence-corrected chi connectivity index (χ2v) is 3.76. The zero-order valence-electron chi connectivity index (χ0n) is 8.01. The van der Waals surface area contributed by atoms with Crippen LogP contribution in [0.15, 0.2) is 24.3 Å². The maximum atomic E-state index is 3.44. The SMILES string of the molecule is [CH]1NCCCc2c1[nH]c1ccccc21. The average molecular weight is 185 g/mol. The van der Waals surface area contributed by atoms with E-state index in [2.05, 4.69) is 41.1 Å². The Labute approximate surface area is 83.3 Å². The number of aromatic amines is 1. The molecule has 2 heteroatoms. The molecule has 0 amide bonds. The third-order valence-corrected chi connectivity index (χ3v) is 2.84. The molecule has 2 aromatic rings. The van der Waals surface area contributed by atoms with Gasteiger partial charge < -0.3 is 10.3 Å². The third kappa shape index (κ3) is 1.15. The van der Waals surface area contributed by atoms with E-state index in [1.807, 2.05) is 0 Å². The fourth-order valence-corrected chi connectivity index (χ4v) is 2.15. The van der Waals surface area contributed by atoms with E-state index in [1.54, 1.807) is 0 Å². The molecule has 0 saturated carbocycles. The predicted molar refractivity (Wildman–Crippen MR) is 58.0 cm³/mol. The molecule has 3 rings (SSSR count). The van der Waals surface area contributed by atoms with Gasteiger partial charge in [-0.25, -0.2) is 0 Å². The lowest BCUT2D eigenvalue weighted by Gasteiger charge is -1.95. The van der Waals surface area contributed by atoms with Crippen molar-refractivity contribution >= 4 is 10.9 Å². The Morgan fingerprint density at radius 1 is 1.14 bits per heavy atom. The van der Waals surface area contributed by atoms with E-state index in [0.717, 1.165) is 6.54 Å². The molecule has 71 valence electrons. The van der Waals surface area contributed by atoms with E-state index in [4.69, 9.17) is 0 Å². The van der Waals surface area contributed by atoms with E-state index >= 15 is 0 Å². The minimum Gasteiger partial charge on any atom is -0.357 e. The van der Waals surface area contributed by atoms with Crippen molar-refractivity contribution in [1.82, 2.24) is 10.3 Å². The quantitative estimate of drug-likeness (QED) is 0.647. The van der Waals surface area contributed by atoms with Gasteiger partial charge >= 0.3 is 0 Å². The Morgan fingerprint density at radius 3 is 3.07 bits per heavy atom. The van der Waals surface area contributed by atoms with Gasteiger partial charge in [-0.15, -0.1) is 0 Å². The molecule has 0 aliphatic carbocycles. The van der Waals surface area contributed by atoms with Crippen LogP contribution in [0, 0.1) is 6.54 Å². The van der Waals surface area contributed by atoms with Crippen molar-refractivity contribution in [1.29, 1.82) is 0 Å². The zero-order valence-corrected chi connectivity index (χ0v) is 8.01. The number of benzene rings is 1. The number of aromatic nitrogens is 1. The van der Waals surface area contributed by atoms with Crippen molar-refractivity contribution in [3.63, 3.8) is 0 Å². The lowest BCUT2D eigenvalue weighted by Crippen LogP contribution is -2.09. The van der Waals surface area contributed by atoms with Crippen LogP contribution in [0.1, 0.15) is 17.7 Å². The average Bonchev–Trinajstić information content (AvgIpc) is 2.42. The second-order valence-electron chi connectivity index (χ2n) is 3.76. The van der Waals surface area contributed by atoms with Gasteiger partial charge in [0, 0.05) is 16.6 Å². The summed E-state index contributed by atoms with van der Waals surface area (Å²) in [6.07, 6.45) is 2.38. The van der Waals surface area contributed by atoms with Gasteiger partial charge in [0.25, 0.3) is 0 Å². The van der Waals surface area contributed by atoms with Crippen LogP contribution in [0.4, 0.5) is 0 Å². The van der Waals surface area contributed by atoms with Crippen molar-refractivity contribution < 1.29 is 0 Å². The van der Waals surface area contributed by atoms with Gasteiger partial charge in [0.1, 0.15) is 0 Å². The van der Waals surface area contributed by atoms with Crippen LogP contribution in [-0.2, 0) is 6.42 Å². The Kier molecular flexibility index (Phi) is 1.81. The maximum absolute atomic E-state index is 3.44. The first-order valence-corrected chi connectivity index (χ1v) is 5.11. The van der Waals surface area contributed by atoms with Gasteiger partial charge in [0.05, 0.1) is 6.54 Å². The Hall–Kier alpha value is -1.28. The first-order chi connectivity index (χ1) is 6.95. The highest BCUT2D eigenvalue weighted by Gasteiger charge is 2.12. The van der Waals surface area contributed by atoms with Gasteiger partial charge in [0.2, 0.25) is 0 Å². The number of hydrogen-bond donors (Lipinski definition) is 2. The zero-order chi connectivity index (χ0) is 9.38. The van der Waals surface area contributed by atoms with Crippen LogP contribution < -0.4 is 5.32 Å². The number of fused-ring (bicyclic) bond motifs is 3. The molecule has 1 aromatic heterocycles. The summed E-state index contributed by atoms with van der Waals surface area (Å²) in [6, 6.07) is 8.52. The largest absolute Gasteiger partial charge is 0.357 e. The van der Waals surface area contributed by atoms with Gasteiger partial charge in [-0.3, -0.25) is 0 Å². The third-order valence-electron chi connectivity index (χ3n) is 2.84. The summed E-state index contributed by atoms with van der Waals surface area (Å²) in [5, 5.41) is 4.69. The number of para-hydroxylation sites is 1. The topological polar surface area (TPSA) is 27.8 Å². The molecule has 14 heavy (non-hydrogen) atoms. The summed E-state index contributed by atoms with van der Waals surface area (Å²) in [5.41, 5.74) is 3.96. The van der Waals surface area contributed by atoms with Crippen molar-refractivity contribution in [2.45, 2.75) is 12.8 Å². The van der Waals surface area contributed by atoms with E-state index in [0.29, 0.717) is 0 Å². The number of hydrogen-bond acceptors (Lipinski definition) is 1. The summed E-state index contributed by atoms with van der Waals surface area (Å²) in [7, 11) is 0. The van der Waals surface area contributed by atoms with Crippen LogP contribution >= 0.6 is 0 Å². The molecule has 1 aliphatic heterocycles. The Balaban J connectivity index is 2.24. The molecule has 0 atom stereocenters. The van der Waals surface area contributed by atoms with Crippen LogP contribution in [0.3, 0.4) is 0 Å². The molecule has 1 radical (unpaired) electrons. The Bertz CT molecular complexity index is 456. The van der Waals surface area contributed by atoms with E-state index < -0.39 is 0 Å². The van der Waals surface area contributed by atoms with Gasteiger partial charge in [-0.2, -0.15) is 0 Å². The highest BCUT2D eigenvalue weighted by atomic mass is 14.9. The smallest absolute Gasteiger partial charge is 0.0688 e. The first kappa shape index (κ1) is 8.06.